The fourth-order valence-electron chi connectivity index (χ4n) is 3.97. The molecular weight excluding hydrogens is 368 g/mol. The van der Waals surface area contributed by atoms with Gasteiger partial charge < -0.3 is 0 Å². The minimum atomic E-state index is 1.29. The summed E-state index contributed by atoms with van der Waals surface area (Å²) >= 11 is 1.85. The summed E-state index contributed by atoms with van der Waals surface area (Å²) in [6, 6.07) is 31.0. The van der Waals surface area contributed by atoms with Gasteiger partial charge in [0.25, 0.3) is 0 Å². The Balaban J connectivity index is 1.79. The van der Waals surface area contributed by atoms with Gasteiger partial charge in [0.1, 0.15) is 0 Å². The summed E-state index contributed by atoms with van der Waals surface area (Å²) in [5.41, 5.74) is 10.4. The lowest BCUT2D eigenvalue weighted by Crippen LogP contribution is -1.88. The van der Waals surface area contributed by atoms with E-state index < -0.39 is 0 Å². The summed E-state index contributed by atoms with van der Waals surface area (Å²) in [6.45, 7) is 8.67. The zero-order valence-electron chi connectivity index (χ0n) is 17.5. The lowest BCUT2D eigenvalue weighted by Gasteiger charge is -2.14. The van der Waals surface area contributed by atoms with Crippen molar-refractivity contribution in [3.63, 3.8) is 0 Å². The van der Waals surface area contributed by atoms with Crippen molar-refractivity contribution in [3.8, 4) is 22.3 Å². The normalized spacial score (nSPS) is 10.9. The molecule has 0 saturated carbocycles. The highest BCUT2D eigenvalue weighted by atomic mass is 32.2. The van der Waals surface area contributed by atoms with Crippen molar-refractivity contribution in [3.05, 3.63) is 107 Å². The Hall–Kier alpha value is -2.77. The van der Waals surface area contributed by atoms with Gasteiger partial charge in [-0.05, 0) is 62.1 Å². The van der Waals surface area contributed by atoms with E-state index in [0.717, 1.165) is 0 Å². The maximum absolute atomic E-state index is 2.28. The predicted octanol–water partition coefficient (Wildman–Crippen LogP) is 8.41. The van der Waals surface area contributed by atoms with Gasteiger partial charge in [-0.15, -0.1) is 0 Å². The number of aryl methyl sites for hydroxylation is 4. The number of hydrogen-bond donors (Lipinski definition) is 0. The second kappa shape index (κ2) is 8.31. The van der Waals surface area contributed by atoms with Crippen LogP contribution in [0.2, 0.25) is 0 Å². The molecular formula is C28H26S. The van der Waals surface area contributed by atoms with Gasteiger partial charge in [-0.25, -0.2) is 0 Å². The van der Waals surface area contributed by atoms with E-state index in [-0.39, 0.29) is 0 Å². The van der Waals surface area contributed by atoms with Crippen LogP contribution in [0.25, 0.3) is 22.3 Å². The lowest BCUT2D eigenvalue weighted by molar-refractivity contribution is 1.34. The van der Waals surface area contributed by atoms with Crippen molar-refractivity contribution in [1.82, 2.24) is 0 Å². The quantitative estimate of drug-likeness (QED) is 0.335. The molecule has 0 saturated heterocycles. The Morgan fingerprint density at radius 2 is 0.793 bits per heavy atom. The Morgan fingerprint density at radius 1 is 0.448 bits per heavy atom. The standard InChI is InChI=1S/C28H26S/c1-19-13-20(2)16-23(15-19)25-9-5-7-11-27(25)29-28-12-8-6-10-26(28)24-17-21(3)14-22(4)18-24/h5-18H,1-4H3. The molecule has 0 heterocycles. The third kappa shape index (κ3) is 4.46. The van der Waals surface area contributed by atoms with E-state index in [4.69, 9.17) is 0 Å². The molecule has 0 radical (unpaired) electrons. The molecule has 4 aromatic carbocycles. The van der Waals surface area contributed by atoms with Crippen molar-refractivity contribution >= 4 is 11.8 Å². The lowest BCUT2D eigenvalue weighted by atomic mass is 10.0. The van der Waals surface area contributed by atoms with Crippen LogP contribution in [-0.2, 0) is 0 Å². The van der Waals surface area contributed by atoms with Crippen molar-refractivity contribution in [2.75, 3.05) is 0 Å². The zero-order chi connectivity index (χ0) is 20.4. The van der Waals surface area contributed by atoms with E-state index in [9.17, 15) is 0 Å². The molecule has 0 spiro atoms. The molecule has 29 heavy (non-hydrogen) atoms. The molecule has 4 rings (SSSR count). The smallest absolute Gasteiger partial charge is 0.0201 e. The average Bonchev–Trinajstić information content (AvgIpc) is 2.67. The monoisotopic (exact) mass is 394 g/mol. The zero-order valence-corrected chi connectivity index (χ0v) is 18.3. The molecule has 0 aliphatic carbocycles. The van der Waals surface area contributed by atoms with Gasteiger partial charge in [-0.2, -0.15) is 0 Å². The van der Waals surface area contributed by atoms with Gasteiger partial charge in [-0.1, -0.05) is 107 Å². The topological polar surface area (TPSA) is 0 Å². The summed E-state index contributed by atoms with van der Waals surface area (Å²) < 4.78 is 0. The van der Waals surface area contributed by atoms with Crippen LogP contribution in [0.15, 0.2) is 94.7 Å². The van der Waals surface area contributed by atoms with Crippen LogP contribution < -0.4 is 0 Å². The molecule has 0 aliphatic rings. The predicted molar refractivity (Wildman–Crippen MR) is 127 cm³/mol. The van der Waals surface area contributed by atoms with Gasteiger partial charge in [0.2, 0.25) is 0 Å². The van der Waals surface area contributed by atoms with Crippen molar-refractivity contribution < 1.29 is 0 Å². The molecule has 4 aromatic rings. The van der Waals surface area contributed by atoms with Gasteiger partial charge in [-0.3, -0.25) is 0 Å². The molecule has 0 nitrogen and oxygen atoms in total. The maximum Gasteiger partial charge on any atom is 0.0201 e. The maximum atomic E-state index is 2.28. The van der Waals surface area contributed by atoms with Crippen molar-refractivity contribution in [2.24, 2.45) is 0 Å². The van der Waals surface area contributed by atoms with E-state index in [1.165, 1.54) is 54.3 Å². The van der Waals surface area contributed by atoms with Crippen LogP contribution >= 0.6 is 11.8 Å². The fourth-order valence-corrected chi connectivity index (χ4v) is 5.09. The highest BCUT2D eigenvalue weighted by Crippen LogP contribution is 2.41. The molecule has 0 bridgehead atoms. The SMILES string of the molecule is Cc1cc(C)cc(-c2ccccc2Sc2ccccc2-c2cc(C)cc(C)c2)c1. The Morgan fingerprint density at radius 3 is 1.17 bits per heavy atom. The second-order valence-electron chi connectivity index (χ2n) is 7.85. The van der Waals surface area contributed by atoms with Crippen LogP contribution in [-0.4, -0.2) is 0 Å². The first-order chi connectivity index (χ1) is 14.0. The van der Waals surface area contributed by atoms with Gasteiger partial charge in [0.15, 0.2) is 0 Å². The van der Waals surface area contributed by atoms with E-state index in [1.54, 1.807) is 0 Å². The second-order valence-corrected chi connectivity index (χ2v) is 8.93. The summed E-state index contributed by atoms with van der Waals surface area (Å²) in [5, 5.41) is 0. The van der Waals surface area contributed by atoms with E-state index in [1.807, 2.05) is 11.8 Å². The molecule has 0 fully saturated rings. The summed E-state index contributed by atoms with van der Waals surface area (Å²) in [5.74, 6) is 0. The van der Waals surface area contributed by atoms with Crippen molar-refractivity contribution in [1.29, 1.82) is 0 Å². The van der Waals surface area contributed by atoms with Gasteiger partial charge in [0, 0.05) is 9.79 Å². The van der Waals surface area contributed by atoms with Gasteiger partial charge >= 0.3 is 0 Å². The molecule has 0 aliphatic heterocycles. The average molecular weight is 395 g/mol. The summed E-state index contributed by atoms with van der Waals surface area (Å²) in [7, 11) is 0. The fraction of sp³-hybridized carbons (Fsp3) is 0.143. The highest BCUT2D eigenvalue weighted by molar-refractivity contribution is 7.99. The number of hydrogen-bond acceptors (Lipinski definition) is 1. The minimum Gasteiger partial charge on any atom is -0.0888 e. The highest BCUT2D eigenvalue weighted by Gasteiger charge is 2.11. The number of rotatable bonds is 4. The molecule has 0 unspecified atom stereocenters. The third-order valence-electron chi connectivity index (χ3n) is 5.06. The van der Waals surface area contributed by atoms with E-state index >= 15 is 0 Å². The Bertz CT molecular complexity index is 1040. The first-order valence-corrected chi connectivity index (χ1v) is 10.8. The van der Waals surface area contributed by atoms with Crippen LogP contribution in [0.5, 0.6) is 0 Å². The van der Waals surface area contributed by atoms with Crippen LogP contribution in [0, 0.1) is 27.7 Å². The molecule has 1 heteroatoms. The van der Waals surface area contributed by atoms with E-state index in [0.29, 0.717) is 0 Å². The van der Waals surface area contributed by atoms with Crippen molar-refractivity contribution in [2.45, 2.75) is 37.5 Å². The summed E-state index contributed by atoms with van der Waals surface area (Å²) in [6.07, 6.45) is 0. The minimum absolute atomic E-state index is 1.29. The van der Waals surface area contributed by atoms with Crippen LogP contribution in [0.3, 0.4) is 0 Å². The first-order valence-electron chi connectivity index (χ1n) is 10.0. The largest absolute Gasteiger partial charge is 0.0888 e. The molecule has 0 aromatic heterocycles. The summed E-state index contributed by atoms with van der Waals surface area (Å²) in [4.78, 5) is 2.57. The molecule has 144 valence electrons. The Labute approximate surface area is 178 Å². The molecule has 0 atom stereocenters. The third-order valence-corrected chi connectivity index (χ3v) is 6.21. The first kappa shape index (κ1) is 19.5. The molecule has 0 amide bonds. The number of benzene rings is 4. The van der Waals surface area contributed by atoms with Crippen LogP contribution in [0.4, 0.5) is 0 Å². The van der Waals surface area contributed by atoms with Gasteiger partial charge in [0.05, 0.1) is 0 Å². The van der Waals surface area contributed by atoms with Crippen LogP contribution in [0.1, 0.15) is 22.3 Å². The Kier molecular flexibility index (Phi) is 5.60. The molecule has 0 N–H and O–H groups in total. The van der Waals surface area contributed by atoms with E-state index in [2.05, 4.69) is 113 Å².